The van der Waals surface area contributed by atoms with Crippen LogP contribution >= 0.6 is 23.2 Å². The van der Waals surface area contributed by atoms with Crippen LogP contribution in [-0.4, -0.2) is 26.6 Å². The van der Waals surface area contributed by atoms with Crippen molar-refractivity contribution in [2.45, 2.75) is 26.8 Å². The normalized spacial score (nSPS) is 12.5. The highest BCUT2D eigenvalue weighted by molar-refractivity contribution is 7.92. The van der Waals surface area contributed by atoms with Crippen molar-refractivity contribution in [1.82, 2.24) is 0 Å². The Labute approximate surface area is 164 Å². The summed E-state index contributed by atoms with van der Waals surface area (Å²) in [6.45, 7) is 5.29. The topological polar surface area (TPSA) is 66.5 Å². The lowest BCUT2D eigenvalue weighted by Gasteiger charge is -2.28. The fourth-order valence-corrected chi connectivity index (χ4v) is 4.26. The van der Waals surface area contributed by atoms with E-state index in [-0.39, 0.29) is 15.7 Å². The van der Waals surface area contributed by atoms with Gasteiger partial charge in [0.25, 0.3) is 0 Å². The zero-order valence-electron chi connectivity index (χ0n) is 14.9. The second-order valence-electron chi connectivity index (χ2n) is 6.17. The van der Waals surface area contributed by atoms with Crippen LogP contribution in [0.4, 0.5) is 11.4 Å². The lowest BCUT2D eigenvalue weighted by molar-refractivity contribution is -0.116. The molecule has 0 bridgehead atoms. The van der Waals surface area contributed by atoms with E-state index in [1.54, 1.807) is 0 Å². The maximum atomic E-state index is 12.7. The molecule has 0 aromatic heterocycles. The molecule has 140 valence electrons. The van der Waals surface area contributed by atoms with Gasteiger partial charge in [0.2, 0.25) is 15.9 Å². The highest BCUT2D eigenvalue weighted by Gasteiger charge is 2.29. The van der Waals surface area contributed by atoms with Crippen molar-refractivity contribution in [3.63, 3.8) is 0 Å². The summed E-state index contributed by atoms with van der Waals surface area (Å²) < 4.78 is 25.7. The standard InChI is InChI=1S/C18H20Cl2N2O3S/c1-11-5-6-12(2)17(7-11)21-18(23)13(3)22(26(4,24)25)16-9-14(19)8-15(20)10-16/h5-10,13H,1-4H3,(H,21,23). The van der Waals surface area contributed by atoms with Crippen LogP contribution < -0.4 is 9.62 Å². The van der Waals surface area contributed by atoms with Gasteiger partial charge >= 0.3 is 0 Å². The Hall–Kier alpha value is -1.76. The summed E-state index contributed by atoms with van der Waals surface area (Å²) in [6, 6.07) is 9.06. The summed E-state index contributed by atoms with van der Waals surface area (Å²) in [6.07, 6.45) is 1.03. The average Bonchev–Trinajstić information content (AvgIpc) is 2.48. The third-order valence-electron chi connectivity index (χ3n) is 3.84. The molecule has 5 nitrogen and oxygen atoms in total. The molecule has 0 aliphatic rings. The number of rotatable bonds is 5. The lowest BCUT2D eigenvalue weighted by Crippen LogP contribution is -2.45. The number of carbonyl (C=O) groups excluding carboxylic acids is 1. The molecule has 0 fully saturated rings. The molecule has 1 unspecified atom stereocenters. The first-order valence-corrected chi connectivity index (χ1v) is 10.4. The zero-order chi connectivity index (χ0) is 19.6. The Morgan fingerprint density at radius 3 is 2.19 bits per heavy atom. The van der Waals surface area contributed by atoms with Gasteiger partial charge in [0.1, 0.15) is 6.04 Å². The number of carbonyl (C=O) groups is 1. The van der Waals surface area contributed by atoms with E-state index in [9.17, 15) is 13.2 Å². The molecular formula is C18H20Cl2N2O3S. The molecule has 8 heteroatoms. The SMILES string of the molecule is Cc1ccc(C)c(NC(=O)C(C)N(c2cc(Cl)cc(Cl)c2)S(C)(=O)=O)c1. The summed E-state index contributed by atoms with van der Waals surface area (Å²) in [5.41, 5.74) is 2.74. The summed E-state index contributed by atoms with van der Waals surface area (Å²) in [4.78, 5) is 12.7. The highest BCUT2D eigenvalue weighted by atomic mass is 35.5. The van der Waals surface area contributed by atoms with Crippen molar-refractivity contribution in [2.75, 3.05) is 15.9 Å². The quantitative estimate of drug-likeness (QED) is 0.787. The van der Waals surface area contributed by atoms with E-state index in [4.69, 9.17) is 23.2 Å². The van der Waals surface area contributed by atoms with Crippen LogP contribution in [0.15, 0.2) is 36.4 Å². The van der Waals surface area contributed by atoms with Gasteiger partial charge in [-0.1, -0.05) is 35.3 Å². The van der Waals surface area contributed by atoms with Gasteiger partial charge in [0.15, 0.2) is 0 Å². The van der Waals surface area contributed by atoms with Crippen LogP contribution in [0.1, 0.15) is 18.1 Å². The Kier molecular flexibility index (Phi) is 6.21. The number of aryl methyl sites for hydroxylation is 2. The van der Waals surface area contributed by atoms with Crippen molar-refractivity contribution < 1.29 is 13.2 Å². The summed E-state index contributed by atoms with van der Waals surface area (Å²) in [5.74, 6) is -0.458. The molecule has 0 saturated heterocycles. The van der Waals surface area contributed by atoms with E-state index >= 15 is 0 Å². The van der Waals surface area contributed by atoms with Crippen LogP contribution in [0.25, 0.3) is 0 Å². The predicted octanol–water partition coefficient (Wildman–Crippen LogP) is 4.40. The molecule has 26 heavy (non-hydrogen) atoms. The minimum atomic E-state index is -3.75. The molecule has 0 radical (unpaired) electrons. The fraction of sp³-hybridized carbons (Fsp3) is 0.278. The fourth-order valence-electron chi connectivity index (χ4n) is 2.58. The maximum Gasteiger partial charge on any atom is 0.248 e. The van der Waals surface area contributed by atoms with E-state index in [1.807, 2.05) is 32.0 Å². The van der Waals surface area contributed by atoms with Gasteiger partial charge in [0, 0.05) is 15.7 Å². The van der Waals surface area contributed by atoms with Gasteiger partial charge < -0.3 is 5.32 Å². The van der Waals surface area contributed by atoms with Crippen LogP contribution in [0.2, 0.25) is 10.0 Å². The Morgan fingerprint density at radius 1 is 1.08 bits per heavy atom. The number of hydrogen-bond donors (Lipinski definition) is 1. The number of nitrogens with zero attached hydrogens (tertiary/aromatic N) is 1. The molecule has 1 amide bonds. The predicted molar refractivity (Wildman–Crippen MR) is 108 cm³/mol. The van der Waals surface area contributed by atoms with Gasteiger partial charge in [-0.2, -0.15) is 0 Å². The Morgan fingerprint density at radius 2 is 1.65 bits per heavy atom. The smallest absolute Gasteiger partial charge is 0.248 e. The molecule has 0 heterocycles. The summed E-state index contributed by atoms with van der Waals surface area (Å²) >= 11 is 12.0. The first-order chi connectivity index (χ1) is 12.0. The number of benzene rings is 2. The van der Waals surface area contributed by atoms with Crippen molar-refractivity contribution in [1.29, 1.82) is 0 Å². The molecule has 0 aliphatic carbocycles. The molecule has 2 aromatic carbocycles. The van der Waals surface area contributed by atoms with Gasteiger partial charge in [-0.05, 0) is 56.2 Å². The molecule has 0 spiro atoms. The Bertz CT molecular complexity index is 925. The Balaban J connectivity index is 2.39. The maximum absolute atomic E-state index is 12.7. The third kappa shape index (κ3) is 4.90. The van der Waals surface area contributed by atoms with Crippen molar-refractivity contribution in [3.8, 4) is 0 Å². The molecule has 1 atom stereocenters. The number of halogens is 2. The zero-order valence-corrected chi connectivity index (χ0v) is 17.2. The van der Waals surface area contributed by atoms with E-state index in [0.29, 0.717) is 5.69 Å². The third-order valence-corrected chi connectivity index (χ3v) is 5.52. The number of anilines is 2. The van der Waals surface area contributed by atoms with E-state index in [1.165, 1.54) is 25.1 Å². The lowest BCUT2D eigenvalue weighted by atomic mass is 10.1. The van der Waals surface area contributed by atoms with E-state index in [2.05, 4.69) is 5.32 Å². The van der Waals surface area contributed by atoms with Crippen LogP contribution in [0, 0.1) is 13.8 Å². The van der Waals surface area contributed by atoms with Crippen LogP contribution in [0.3, 0.4) is 0 Å². The molecule has 1 N–H and O–H groups in total. The molecule has 2 aromatic rings. The molecular weight excluding hydrogens is 395 g/mol. The van der Waals surface area contributed by atoms with Gasteiger partial charge in [0.05, 0.1) is 11.9 Å². The van der Waals surface area contributed by atoms with Gasteiger partial charge in [-0.25, -0.2) is 8.42 Å². The summed E-state index contributed by atoms with van der Waals surface area (Å²) in [5, 5.41) is 3.35. The molecule has 2 rings (SSSR count). The van der Waals surface area contributed by atoms with Crippen molar-refractivity contribution >= 4 is 50.5 Å². The van der Waals surface area contributed by atoms with Gasteiger partial charge in [-0.15, -0.1) is 0 Å². The number of sulfonamides is 1. The number of hydrogen-bond acceptors (Lipinski definition) is 3. The summed E-state index contributed by atoms with van der Waals surface area (Å²) in [7, 11) is -3.75. The van der Waals surface area contributed by atoms with Crippen molar-refractivity contribution in [2.24, 2.45) is 0 Å². The van der Waals surface area contributed by atoms with Gasteiger partial charge in [-0.3, -0.25) is 9.10 Å². The van der Waals surface area contributed by atoms with Crippen LogP contribution in [-0.2, 0) is 14.8 Å². The first kappa shape index (κ1) is 20.6. The van der Waals surface area contributed by atoms with E-state index in [0.717, 1.165) is 21.7 Å². The molecule has 0 saturated carbocycles. The van der Waals surface area contributed by atoms with Crippen LogP contribution in [0.5, 0.6) is 0 Å². The number of amides is 1. The van der Waals surface area contributed by atoms with E-state index < -0.39 is 22.0 Å². The highest BCUT2D eigenvalue weighted by Crippen LogP contribution is 2.29. The number of nitrogens with one attached hydrogen (secondary N) is 1. The first-order valence-electron chi connectivity index (χ1n) is 7.82. The van der Waals surface area contributed by atoms with Crippen molar-refractivity contribution in [3.05, 3.63) is 57.6 Å². The minimum Gasteiger partial charge on any atom is -0.324 e. The largest absolute Gasteiger partial charge is 0.324 e. The monoisotopic (exact) mass is 414 g/mol. The second kappa shape index (κ2) is 7.86. The average molecular weight is 415 g/mol. The molecule has 0 aliphatic heterocycles. The second-order valence-corrected chi connectivity index (χ2v) is 8.90. The minimum absolute atomic E-state index is 0.230.